The molecule has 0 aliphatic heterocycles. The van der Waals surface area contributed by atoms with Crippen LogP contribution in [0.5, 0.6) is 0 Å². The van der Waals surface area contributed by atoms with E-state index in [4.69, 9.17) is 4.74 Å². The van der Waals surface area contributed by atoms with Crippen LogP contribution in [0.4, 0.5) is 10.5 Å². The summed E-state index contributed by atoms with van der Waals surface area (Å²) in [7, 11) is 1.70. The molecule has 2 aromatic rings. The summed E-state index contributed by atoms with van der Waals surface area (Å²) >= 11 is 0. The van der Waals surface area contributed by atoms with E-state index in [-0.39, 0.29) is 6.09 Å². The summed E-state index contributed by atoms with van der Waals surface area (Å²) < 4.78 is 5.34. The molecular weight excluding hydrogens is 252 g/mol. The second-order valence-electron chi connectivity index (χ2n) is 5.68. The van der Waals surface area contributed by atoms with Crippen LogP contribution < -0.4 is 4.90 Å². The standard InChI is InChI=1S/C16H20N2O2/c1-16(2,3)20-15(19)18(4)13-10-14(17-11-13)12-8-6-5-7-9-12/h5-11,17H,1-4H3. The van der Waals surface area contributed by atoms with Crippen molar-refractivity contribution in [1.82, 2.24) is 4.98 Å². The Kier molecular flexibility index (Phi) is 3.84. The lowest BCUT2D eigenvalue weighted by Gasteiger charge is -2.23. The summed E-state index contributed by atoms with van der Waals surface area (Å²) in [5.74, 6) is 0. The van der Waals surface area contributed by atoms with Gasteiger partial charge in [0.2, 0.25) is 0 Å². The topological polar surface area (TPSA) is 45.3 Å². The number of aromatic nitrogens is 1. The van der Waals surface area contributed by atoms with Gasteiger partial charge in [0.25, 0.3) is 0 Å². The first-order valence-corrected chi connectivity index (χ1v) is 6.57. The van der Waals surface area contributed by atoms with Gasteiger partial charge < -0.3 is 9.72 Å². The SMILES string of the molecule is CN(C(=O)OC(C)(C)C)c1c[nH]c(-c2ccccc2)c1. The number of anilines is 1. The largest absolute Gasteiger partial charge is 0.443 e. The third kappa shape index (κ3) is 3.41. The molecule has 0 spiro atoms. The molecule has 20 heavy (non-hydrogen) atoms. The number of hydrogen-bond acceptors (Lipinski definition) is 2. The summed E-state index contributed by atoms with van der Waals surface area (Å²) in [5.41, 5.74) is 2.33. The first-order chi connectivity index (χ1) is 9.37. The molecular formula is C16H20N2O2. The van der Waals surface area contributed by atoms with Gasteiger partial charge in [-0.3, -0.25) is 4.90 Å². The molecule has 2 rings (SSSR count). The highest BCUT2D eigenvalue weighted by Crippen LogP contribution is 2.24. The predicted octanol–water partition coefficient (Wildman–Crippen LogP) is 4.05. The minimum absolute atomic E-state index is 0.365. The number of nitrogens with zero attached hydrogens (tertiary/aromatic N) is 1. The summed E-state index contributed by atoms with van der Waals surface area (Å²) in [4.78, 5) is 16.7. The van der Waals surface area contributed by atoms with Crippen LogP contribution in [0.2, 0.25) is 0 Å². The maximum absolute atomic E-state index is 12.0. The van der Waals surface area contributed by atoms with Crippen molar-refractivity contribution in [2.45, 2.75) is 26.4 Å². The van der Waals surface area contributed by atoms with Gasteiger partial charge in [0.05, 0.1) is 5.69 Å². The highest BCUT2D eigenvalue weighted by atomic mass is 16.6. The summed E-state index contributed by atoms with van der Waals surface area (Å²) in [6.45, 7) is 5.56. The van der Waals surface area contributed by atoms with E-state index in [1.807, 2.05) is 57.2 Å². The van der Waals surface area contributed by atoms with Crippen molar-refractivity contribution in [3.05, 3.63) is 42.6 Å². The van der Waals surface area contributed by atoms with Crippen molar-refractivity contribution in [2.75, 3.05) is 11.9 Å². The molecule has 0 atom stereocenters. The Hall–Kier alpha value is -2.23. The zero-order chi connectivity index (χ0) is 14.8. The highest BCUT2D eigenvalue weighted by molar-refractivity contribution is 5.88. The molecule has 0 aliphatic carbocycles. The van der Waals surface area contributed by atoms with Crippen molar-refractivity contribution >= 4 is 11.8 Å². The van der Waals surface area contributed by atoms with Gasteiger partial charge in [-0.25, -0.2) is 4.79 Å². The van der Waals surface area contributed by atoms with E-state index in [2.05, 4.69) is 4.98 Å². The third-order valence-electron chi connectivity index (χ3n) is 2.81. The molecule has 0 saturated carbocycles. The van der Waals surface area contributed by atoms with Crippen molar-refractivity contribution in [3.8, 4) is 11.3 Å². The van der Waals surface area contributed by atoms with E-state index < -0.39 is 5.60 Å². The monoisotopic (exact) mass is 272 g/mol. The van der Waals surface area contributed by atoms with Crippen LogP contribution in [0.25, 0.3) is 11.3 Å². The molecule has 0 radical (unpaired) electrons. The lowest BCUT2D eigenvalue weighted by Crippen LogP contribution is -2.33. The Morgan fingerprint density at radius 2 is 1.85 bits per heavy atom. The van der Waals surface area contributed by atoms with Crippen LogP contribution in [0.3, 0.4) is 0 Å². The van der Waals surface area contributed by atoms with Crippen LogP contribution in [-0.4, -0.2) is 23.7 Å². The van der Waals surface area contributed by atoms with Crippen molar-refractivity contribution in [3.63, 3.8) is 0 Å². The molecule has 1 aromatic heterocycles. The molecule has 1 aromatic carbocycles. The molecule has 1 amide bonds. The third-order valence-corrected chi connectivity index (χ3v) is 2.81. The first kappa shape index (κ1) is 14.2. The quantitative estimate of drug-likeness (QED) is 0.896. The van der Waals surface area contributed by atoms with E-state index in [9.17, 15) is 4.79 Å². The van der Waals surface area contributed by atoms with Crippen LogP contribution in [0.15, 0.2) is 42.6 Å². The molecule has 0 fully saturated rings. The molecule has 0 bridgehead atoms. The normalized spacial score (nSPS) is 11.2. The van der Waals surface area contributed by atoms with Crippen LogP contribution in [-0.2, 0) is 4.74 Å². The van der Waals surface area contributed by atoms with Gasteiger partial charge in [0.15, 0.2) is 0 Å². The van der Waals surface area contributed by atoms with Gasteiger partial charge in [-0.15, -0.1) is 0 Å². The number of nitrogens with one attached hydrogen (secondary N) is 1. The second-order valence-corrected chi connectivity index (χ2v) is 5.68. The number of H-pyrrole nitrogens is 1. The summed E-state index contributed by atoms with van der Waals surface area (Å²) in [6, 6.07) is 11.9. The van der Waals surface area contributed by atoms with E-state index in [1.54, 1.807) is 13.2 Å². The molecule has 106 valence electrons. The fourth-order valence-electron chi connectivity index (χ4n) is 1.80. The number of hydrogen-bond donors (Lipinski definition) is 1. The zero-order valence-corrected chi connectivity index (χ0v) is 12.3. The number of carbonyl (C=O) groups is 1. The van der Waals surface area contributed by atoms with Gasteiger partial charge in [-0.1, -0.05) is 30.3 Å². The van der Waals surface area contributed by atoms with Gasteiger partial charge in [-0.05, 0) is 32.4 Å². The zero-order valence-electron chi connectivity index (χ0n) is 12.3. The van der Waals surface area contributed by atoms with Gasteiger partial charge in [0, 0.05) is 18.9 Å². The minimum Gasteiger partial charge on any atom is -0.443 e. The van der Waals surface area contributed by atoms with Gasteiger partial charge >= 0.3 is 6.09 Å². The molecule has 1 heterocycles. The second kappa shape index (κ2) is 5.41. The number of aromatic amines is 1. The Morgan fingerprint density at radius 3 is 2.45 bits per heavy atom. The number of ether oxygens (including phenoxy) is 1. The van der Waals surface area contributed by atoms with Crippen molar-refractivity contribution in [1.29, 1.82) is 0 Å². The molecule has 0 aliphatic rings. The molecule has 0 saturated heterocycles. The van der Waals surface area contributed by atoms with Gasteiger partial charge in [0.1, 0.15) is 5.60 Å². The summed E-state index contributed by atoms with van der Waals surface area (Å²) in [5, 5.41) is 0. The van der Waals surface area contributed by atoms with Crippen molar-refractivity contribution < 1.29 is 9.53 Å². The van der Waals surface area contributed by atoms with E-state index in [0.717, 1.165) is 16.9 Å². The van der Waals surface area contributed by atoms with Crippen LogP contribution in [0.1, 0.15) is 20.8 Å². The van der Waals surface area contributed by atoms with E-state index in [0.29, 0.717) is 0 Å². The fraction of sp³-hybridized carbons (Fsp3) is 0.312. The molecule has 4 heteroatoms. The minimum atomic E-state index is -0.496. The Labute approximate surface area is 119 Å². The van der Waals surface area contributed by atoms with Gasteiger partial charge in [-0.2, -0.15) is 0 Å². The number of carbonyl (C=O) groups excluding carboxylic acids is 1. The van der Waals surface area contributed by atoms with Crippen molar-refractivity contribution in [2.24, 2.45) is 0 Å². The smallest absolute Gasteiger partial charge is 0.414 e. The maximum atomic E-state index is 12.0. The lowest BCUT2D eigenvalue weighted by atomic mass is 10.1. The number of benzene rings is 1. The fourth-order valence-corrected chi connectivity index (χ4v) is 1.80. The number of amides is 1. The van der Waals surface area contributed by atoms with E-state index in [1.165, 1.54) is 4.90 Å². The van der Waals surface area contributed by atoms with Crippen LogP contribution in [0, 0.1) is 0 Å². The average molecular weight is 272 g/mol. The molecule has 4 nitrogen and oxygen atoms in total. The number of rotatable bonds is 2. The first-order valence-electron chi connectivity index (χ1n) is 6.57. The maximum Gasteiger partial charge on any atom is 0.414 e. The molecule has 0 unspecified atom stereocenters. The Bertz CT molecular complexity index is 582. The lowest BCUT2D eigenvalue weighted by molar-refractivity contribution is 0.0589. The highest BCUT2D eigenvalue weighted by Gasteiger charge is 2.21. The Morgan fingerprint density at radius 1 is 1.20 bits per heavy atom. The predicted molar refractivity (Wildman–Crippen MR) is 80.9 cm³/mol. The van der Waals surface area contributed by atoms with Crippen LogP contribution >= 0.6 is 0 Å². The van der Waals surface area contributed by atoms with E-state index >= 15 is 0 Å². The average Bonchev–Trinajstić information content (AvgIpc) is 2.86. The molecule has 1 N–H and O–H groups in total. The summed E-state index contributed by atoms with van der Waals surface area (Å²) in [6.07, 6.45) is 1.43. The Balaban J connectivity index is 2.15.